The summed E-state index contributed by atoms with van der Waals surface area (Å²) < 4.78 is 44.0. The molecule has 1 aliphatic heterocycles. The molecule has 3 rings (SSSR count). The van der Waals surface area contributed by atoms with E-state index in [2.05, 4.69) is 0 Å². The number of nitrogens with zero attached hydrogens (tertiary/aromatic N) is 2. The second-order valence-corrected chi connectivity index (χ2v) is 6.79. The number of anilines is 1. The fraction of sp³-hybridized carbons (Fsp3) is 0.350. The smallest absolute Gasteiger partial charge is 0.378 e. The van der Waals surface area contributed by atoms with Gasteiger partial charge in [-0.2, -0.15) is 18.7 Å². The van der Waals surface area contributed by atoms with E-state index < -0.39 is 18.0 Å². The van der Waals surface area contributed by atoms with E-state index in [9.17, 15) is 23.1 Å². The average molecular weight is 425 g/mol. The number of aliphatic hydroxyl groups is 1. The van der Waals surface area contributed by atoms with Crippen LogP contribution in [0.5, 0.6) is 0 Å². The average Bonchev–Trinajstić information content (AvgIpc) is 2.77. The van der Waals surface area contributed by atoms with E-state index in [1.54, 1.807) is 34.6 Å². The van der Waals surface area contributed by atoms with Gasteiger partial charge in [0.2, 0.25) is 0 Å². The molecule has 1 aliphatic rings. The minimum Gasteiger partial charge on any atom is -0.378 e. The SMILES string of the molecule is O=C(N1CCOCC1)N(Cc1ccc(C(O)NO)cc1)c1ccc(C(F)(F)F)cc1. The van der Waals surface area contributed by atoms with Crippen molar-refractivity contribution < 1.29 is 33.0 Å². The van der Waals surface area contributed by atoms with Crippen LogP contribution in [-0.2, 0) is 17.5 Å². The summed E-state index contributed by atoms with van der Waals surface area (Å²) in [7, 11) is 0. The number of nitrogens with one attached hydrogen (secondary N) is 1. The van der Waals surface area contributed by atoms with E-state index in [-0.39, 0.29) is 12.6 Å². The summed E-state index contributed by atoms with van der Waals surface area (Å²) in [4.78, 5) is 16.1. The van der Waals surface area contributed by atoms with Crippen LogP contribution in [0.25, 0.3) is 0 Å². The lowest BCUT2D eigenvalue weighted by molar-refractivity contribution is -0.137. The molecule has 1 heterocycles. The lowest BCUT2D eigenvalue weighted by Crippen LogP contribution is -2.48. The molecule has 0 spiro atoms. The molecule has 1 saturated heterocycles. The van der Waals surface area contributed by atoms with Crippen LogP contribution >= 0.6 is 0 Å². The van der Waals surface area contributed by atoms with E-state index in [0.717, 1.165) is 12.1 Å². The summed E-state index contributed by atoms with van der Waals surface area (Å²) >= 11 is 0. The molecule has 10 heteroatoms. The molecule has 1 unspecified atom stereocenters. The number of benzene rings is 2. The zero-order valence-corrected chi connectivity index (χ0v) is 16.0. The quantitative estimate of drug-likeness (QED) is 0.506. The number of rotatable bonds is 5. The Morgan fingerprint density at radius 2 is 1.70 bits per heavy atom. The van der Waals surface area contributed by atoms with E-state index in [4.69, 9.17) is 9.94 Å². The molecule has 30 heavy (non-hydrogen) atoms. The van der Waals surface area contributed by atoms with Gasteiger partial charge in [-0.15, -0.1) is 0 Å². The fourth-order valence-electron chi connectivity index (χ4n) is 3.09. The Labute approximate surface area is 171 Å². The van der Waals surface area contributed by atoms with Gasteiger partial charge in [0, 0.05) is 18.8 Å². The van der Waals surface area contributed by atoms with Gasteiger partial charge in [0.1, 0.15) is 0 Å². The number of carbonyl (C=O) groups excluding carboxylic acids is 1. The van der Waals surface area contributed by atoms with Crippen LogP contribution in [0.3, 0.4) is 0 Å². The van der Waals surface area contributed by atoms with Crippen LogP contribution in [0.4, 0.5) is 23.7 Å². The molecule has 0 radical (unpaired) electrons. The highest BCUT2D eigenvalue weighted by molar-refractivity contribution is 5.92. The molecule has 1 fully saturated rings. The van der Waals surface area contributed by atoms with Crippen molar-refractivity contribution in [2.24, 2.45) is 0 Å². The van der Waals surface area contributed by atoms with Crippen LogP contribution in [0.2, 0.25) is 0 Å². The first kappa shape index (κ1) is 22.0. The number of alkyl halides is 3. The van der Waals surface area contributed by atoms with E-state index in [1.165, 1.54) is 17.0 Å². The zero-order valence-electron chi connectivity index (χ0n) is 16.0. The number of carbonyl (C=O) groups is 1. The molecule has 0 aromatic heterocycles. The second kappa shape index (κ2) is 9.43. The summed E-state index contributed by atoms with van der Waals surface area (Å²) in [6.07, 6.45) is -5.71. The van der Waals surface area contributed by atoms with E-state index in [1.807, 2.05) is 0 Å². The molecular formula is C20H22F3N3O4. The zero-order chi connectivity index (χ0) is 21.7. The van der Waals surface area contributed by atoms with Gasteiger partial charge >= 0.3 is 12.2 Å². The molecular weight excluding hydrogens is 403 g/mol. The third-order valence-corrected chi connectivity index (χ3v) is 4.78. The molecule has 162 valence electrons. The fourth-order valence-corrected chi connectivity index (χ4v) is 3.09. The van der Waals surface area contributed by atoms with Crippen molar-refractivity contribution in [2.45, 2.75) is 18.9 Å². The van der Waals surface area contributed by atoms with Gasteiger partial charge in [0.25, 0.3) is 0 Å². The number of amides is 2. The van der Waals surface area contributed by atoms with Gasteiger partial charge in [-0.1, -0.05) is 24.3 Å². The van der Waals surface area contributed by atoms with Crippen LogP contribution in [0.15, 0.2) is 48.5 Å². The van der Waals surface area contributed by atoms with Crippen molar-refractivity contribution in [2.75, 3.05) is 31.2 Å². The predicted molar refractivity (Wildman–Crippen MR) is 102 cm³/mol. The normalized spacial score (nSPS) is 15.7. The van der Waals surface area contributed by atoms with Crippen LogP contribution < -0.4 is 10.4 Å². The van der Waals surface area contributed by atoms with E-state index >= 15 is 0 Å². The second-order valence-electron chi connectivity index (χ2n) is 6.79. The van der Waals surface area contributed by atoms with Gasteiger partial charge in [0.05, 0.1) is 25.3 Å². The maximum absolute atomic E-state index is 13.1. The highest BCUT2D eigenvalue weighted by atomic mass is 19.4. The van der Waals surface area contributed by atoms with Gasteiger partial charge in [-0.05, 0) is 35.4 Å². The molecule has 0 aliphatic carbocycles. The molecule has 1 atom stereocenters. The van der Waals surface area contributed by atoms with Gasteiger partial charge in [-0.25, -0.2) is 4.79 Å². The summed E-state index contributed by atoms with van der Waals surface area (Å²) in [5.74, 6) is 0. The summed E-state index contributed by atoms with van der Waals surface area (Å²) in [6, 6.07) is 10.6. The summed E-state index contributed by atoms with van der Waals surface area (Å²) in [5.41, 5.74) is 2.39. The minimum absolute atomic E-state index is 0.116. The molecule has 3 N–H and O–H groups in total. The predicted octanol–water partition coefficient (Wildman–Crippen LogP) is 3.13. The van der Waals surface area contributed by atoms with Crippen molar-refractivity contribution in [1.82, 2.24) is 10.4 Å². The Bertz CT molecular complexity index is 838. The third-order valence-electron chi connectivity index (χ3n) is 4.78. The summed E-state index contributed by atoms with van der Waals surface area (Å²) in [6.45, 7) is 1.69. The van der Waals surface area contributed by atoms with Crippen molar-refractivity contribution in [3.8, 4) is 0 Å². The minimum atomic E-state index is -4.46. The third kappa shape index (κ3) is 5.28. The Morgan fingerprint density at radius 3 is 2.23 bits per heavy atom. The lowest BCUT2D eigenvalue weighted by Gasteiger charge is -2.33. The van der Waals surface area contributed by atoms with Crippen LogP contribution in [0, 0.1) is 0 Å². The largest absolute Gasteiger partial charge is 0.416 e. The number of halogens is 3. The number of hydroxylamine groups is 1. The number of hydrogen-bond donors (Lipinski definition) is 3. The standard InChI is InChI=1S/C20H22F3N3O4/c21-20(22,23)16-5-7-17(8-6-16)26(19(28)25-9-11-30-12-10-25)13-14-1-3-15(4-2-14)18(27)24-29/h1-8,18,24,27,29H,9-13H2. The Balaban J connectivity index is 1.86. The molecule has 0 bridgehead atoms. The monoisotopic (exact) mass is 425 g/mol. The van der Waals surface area contributed by atoms with Crippen LogP contribution in [-0.4, -0.2) is 47.5 Å². The highest BCUT2D eigenvalue weighted by Gasteiger charge is 2.31. The molecule has 7 nitrogen and oxygen atoms in total. The maximum Gasteiger partial charge on any atom is 0.416 e. The lowest BCUT2D eigenvalue weighted by atomic mass is 10.1. The van der Waals surface area contributed by atoms with Gasteiger partial charge < -0.3 is 20.0 Å². The molecule has 2 amide bonds. The highest BCUT2D eigenvalue weighted by Crippen LogP contribution is 2.31. The van der Waals surface area contributed by atoms with Crippen molar-refractivity contribution >= 4 is 11.7 Å². The number of hydrogen-bond acceptors (Lipinski definition) is 5. The van der Waals surface area contributed by atoms with Crippen molar-refractivity contribution in [3.05, 3.63) is 65.2 Å². The van der Waals surface area contributed by atoms with Crippen molar-refractivity contribution in [3.63, 3.8) is 0 Å². The van der Waals surface area contributed by atoms with Crippen molar-refractivity contribution in [1.29, 1.82) is 0 Å². The van der Waals surface area contributed by atoms with Crippen LogP contribution in [0.1, 0.15) is 22.9 Å². The number of ether oxygens (including phenoxy) is 1. The Morgan fingerprint density at radius 1 is 1.10 bits per heavy atom. The first-order chi connectivity index (χ1) is 14.3. The maximum atomic E-state index is 13.1. The number of morpholine rings is 1. The topological polar surface area (TPSA) is 85.3 Å². The summed E-state index contributed by atoms with van der Waals surface area (Å²) in [5, 5.41) is 18.4. The molecule has 2 aromatic rings. The molecule has 0 saturated carbocycles. The first-order valence-corrected chi connectivity index (χ1v) is 9.27. The number of aliphatic hydroxyl groups excluding tert-OH is 1. The Hall–Kier alpha value is -2.66. The van der Waals surface area contributed by atoms with Gasteiger partial charge in [0.15, 0.2) is 6.23 Å². The van der Waals surface area contributed by atoms with E-state index in [0.29, 0.717) is 43.1 Å². The first-order valence-electron chi connectivity index (χ1n) is 9.27. The molecule has 2 aromatic carbocycles. The Kier molecular flexibility index (Phi) is 6.93. The number of urea groups is 1. The van der Waals surface area contributed by atoms with Gasteiger partial charge in [-0.3, -0.25) is 4.90 Å².